The monoisotopic (exact) mass is 292 g/mol. The van der Waals surface area contributed by atoms with Crippen LogP contribution < -0.4 is 21.1 Å². The van der Waals surface area contributed by atoms with Gasteiger partial charge in [-0.1, -0.05) is 19.1 Å². The first-order valence-electron chi connectivity index (χ1n) is 7.01. The predicted octanol–water partition coefficient (Wildman–Crippen LogP) is 1.01. The minimum Gasteiger partial charge on any atom is -0.497 e. The van der Waals surface area contributed by atoms with Crippen LogP contribution >= 0.6 is 0 Å². The molecule has 0 fully saturated rings. The van der Waals surface area contributed by atoms with E-state index in [1.165, 1.54) is 0 Å². The molecule has 0 saturated carbocycles. The van der Waals surface area contributed by atoms with Crippen LogP contribution in [0.4, 0.5) is 0 Å². The molecule has 0 aromatic heterocycles. The van der Waals surface area contributed by atoms with Crippen molar-refractivity contribution in [1.29, 1.82) is 0 Å². The van der Waals surface area contributed by atoms with E-state index in [9.17, 15) is 4.79 Å². The zero-order valence-corrected chi connectivity index (χ0v) is 12.8. The molecular formula is C15H24N4O2. The van der Waals surface area contributed by atoms with Crippen molar-refractivity contribution in [2.45, 2.75) is 32.9 Å². The van der Waals surface area contributed by atoms with E-state index >= 15 is 0 Å². The van der Waals surface area contributed by atoms with E-state index < -0.39 is 0 Å². The Morgan fingerprint density at radius 3 is 2.62 bits per heavy atom. The van der Waals surface area contributed by atoms with Gasteiger partial charge in [-0.05, 0) is 31.0 Å². The molecule has 0 aliphatic heterocycles. The second-order valence-corrected chi connectivity index (χ2v) is 4.78. The molecule has 0 saturated heterocycles. The molecule has 1 rings (SSSR count). The van der Waals surface area contributed by atoms with Crippen molar-refractivity contribution < 1.29 is 9.53 Å². The summed E-state index contributed by atoms with van der Waals surface area (Å²) in [4.78, 5) is 15.7. The van der Waals surface area contributed by atoms with Gasteiger partial charge in [-0.25, -0.2) is 4.99 Å². The summed E-state index contributed by atoms with van der Waals surface area (Å²) < 4.78 is 5.07. The number of ether oxygens (including phenoxy) is 1. The van der Waals surface area contributed by atoms with Crippen LogP contribution in [0.25, 0.3) is 0 Å². The summed E-state index contributed by atoms with van der Waals surface area (Å²) >= 11 is 0. The van der Waals surface area contributed by atoms with Gasteiger partial charge in [-0.3, -0.25) is 4.79 Å². The molecule has 0 radical (unpaired) electrons. The average Bonchev–Trinajstić information content (AvgIpc) is 2.51. The normalized spacial score (nSPS) is 12.6. The number of methoxy groups -OCH3 is 1. The van der Waals surface area contributed by atoms with Crippen molar-refractivity contribution in [3.05, 3.63) is 29.8 Å². The van der Waals surface area contributed by atoms with Crippen LogP contribution in [0.5, 0.6) is 5.75 Å². The number of benzene rings is 1. The maximum Gasteiger partial charge on any atom is 0.242 e. The number of nitrogens with two attached hydrogens (primary N) is 1. The van der Waals surface area contributed by atoms with Gasteiger partial charge in [-0.15, -0.1) is 0 Å². The molecule has 1 aromatic rings. The largest absolute Gasteiger partial charge is 0.497 e. The summed E-state index contributed by atoms with van der Waals surface area (Å²) in [6.45, 7) is 4.53. The molecule has 1 amide bonds. The number of amides is 1. The van der Waals surface area contributed by atoms with Gasteiger partial charge in [0.25, 0.3) is 0 Å². The van der Waals surface area contributed by atoms with Gasteiger partial charge in [0.05, 0.1) is 7.11 Å². The van der Waals surface area contributed by atoms with Crippen molar-refractivity contribution in [3.63, 3.8) is 0 Å². The van der Waals surface area contributed by atoms with Gasteiger partial charge in [0, 0.05) is 12.6 Å². The summed E-state index contributed by atoms with van der Waals surface area (Å²) in [6, 6.07) is 7.76. The average molecular weight is 292 g/mol. The van der Waals surface area contributed by atoms with Crippen LogP contribution in [0.2, 0.25) is 0 Å². The van der Waals surface area contributed by atoms with Gasteiger partial charge in [-0.2, -0.15) is 0 Å². The number of aliphatic imine (C=N–C) groups is 1. The Labute approximate surface area is 125 Å². The highest BCUT2D eigenvalue weighted by molar-refractivity contribution is 5.84. The van der Waals surface area contributed by atoms with Crippen LogP contribution in [-0.4, -0.2) is 31.6 Å². The van der Waals surface area contributed by atoms with Gasteiger partial charge in [0.1, 0.15) is 12.3 Å². The lowest BCUT2D eigenvalue weighted by molar-refractivity contribution is -0.119. The third kappa shape index (κ3) is 6.65. The molecule has 0 bridgehead atoms. The second-order valence-electron chi connectivity index (χ2n) is 4.78. The molecule has 116 valence electrons. The summed E-state index contributed by atoms with van der Waals surface area (Å²) in [7, 11) is 1.62. The smallest absolute Gasteiger partial charge is 0.242 e. The number of nitrogens with one attached hydrogen (secondary N) is 2. The SMILES string of the molecule is CCC(C)NC(N)=NCC(=O)NCc1ccc(OC)cc1. The van der Waals surface area contributed by atoms with E-state index in [0.29, 0.717) is 12.5 Å². The lowest BCUT2D eigenvalue weighted by atomic mass is 10.2. The van der Waals surface area contributed by atoms with Crippen molar-refractivity contribution in [1.82, 2.24) is 10.6 Å². The fraction of sp³-hybridized carbons (Fsp3) is 0.467. The predicted molar refractivity (Wildman–Crippen MR) is 84.2 cm³/mol. The zero-order chi connectivity index (χ0) is 15.7. The fourth-order valence-electron chi connectivity index (χ4n) is 1.56. The first-order chi connectivity index (χ1) is 10.0. The fourth-order valence-corrected chi connectivity index (χ4v) is 1.56. The van der Waals surface area contributed by atoms with Gasteiger partial charge in [0.2, 0.25) is 5.91 Å². The van der Waals surface area contributed by atoms with E-state index in [1.54, 1.807) is 7.11 Å². The van der Waals surface area contributed by atoms with Gasteiger partial charge >= 0.3 is 0 Å². The molecule has 21 heavy (non-hydrogen) atoms. The van der Waals surface area contributed by atoms with E-state index in [4.69, 9.17) is 10.5 Å². The number of hydrogen-bond donors (Lipinski definition) is 3. The molecule has 0 aliphatic carbocycles. The number of nitrogens with zero attached hydrogens (tertiary/aromatic N) is 1. The molecule has 6 heteroatoms. The molecular weight excluding hydrogens is 268 g/mol. The van der Waals surface area contributed by atoms with E-state index in [0.717, 1.165) is 17.7 Å². The summed E-state index contributed by atoms with van der Waals surface area (Å²) in [5.74, 6) is 0.919. The highest BCUT2D eigenvalue weighted by Crippen LogP contribution is 2.10. The topological polar surface area (TPSA) is 88.7 Å². The minimum absolute atomic E-state index is 0.0193. The Hall–Kier alpha value is -2.24. The molecule has 0 heterocycles. The first kappa shape index (κ1) is 16.8. The first-order valence-corrected chi connectivity index (χ1v) is 7.01. The third-order valence-electron chi connectivity index (χ3n) is 3.05. The highest BCUT2D eigenvalue weighted by atomic mass is 16.5. The van der Waals surface area contributed by atoms with Crippen LogP contribution in [-0.2, 0) is 11.3 Å². The van der Waals surface area contributed by atoms with Crippen molar-refractivity contribution in [3.8, 4) is 5.75 Å². The van der Waals surface area contributed by atoms with Crippen LogP contribution in [0, 0.1) is 0 Å². The second kappa shape index (κ2) is 8.84. The minimum atomic E-state index is -0.167. The van der Waals surface area contributed by atoms with Crippen LogP contribution in [0.1, 0.15) is 25.8 Å². The highest BCUT2D eigenvalue weighted by Gasteiger charge is 2.03. The number of rotatable bonds is 7. The van der Waals surface area contributed by atoms with Gasteiger partial charge in [0.15, 0.2) is 5.96 Å². The van der Waals surface area contributed by atoms with E-state index in [1.807, 2.05) is 38.1 Å². The molecule has 0 spiro atoms. The van der Waals surface area contributed by atoms with E-state index in [2.05, 4.69) is 15.6 Å². The Bertz CT molecular complexity index is 471. The maximum atomic E-state index is 11.7. The number of hydrogen-bond acceptors (Lipinski definition) is 3. The Morgan fingerprint density at radius 1 is 1.38 bits per heavy atom. The van der Waals surface area contributed by atoms with Gasteiger partial charge < -0.3 is 21.1 Å². The van der Waals surface area contributed by atoms with Crippen LogP contribution in [0.3, 0.4) is 0 Å². The molecule has 1 atom stereocenters. The zero-order valence-electron chi connectivity index (χ0n) is 12.8. The third-order valence-corrected chi connectivity index (χ3v) is 3.05. The Morgan fingerprint density at radius 2 is 2.05 bits per heavy atom. The van der Waals surface area contributed by atoms with E-state index in [-0.39, 0.29) is 18.5 Å². The maximum absolute atomic E-state index is 11.7. The number of guanidine groups is 1. The summed E-state index contributed by atoms with van der Waals surface area (Å²) in [6.07, 6.45) is 0.944. The van der Waals surface area contributed by atoms with Crippen molar-refractivity contribution in [2.24, 2.45) is 10.7 Å². The molecule has 0 aliphatic rings. The van der Waals surface area contributed by atoms with Crippen LogP contribution in [0.15, 0.2) is 29.3 Å². The lowest BCUT2D eigenvalue weighted by Gasteiger charge is -2.11. The number of carbonyl (C=O) groups is 1. The summed E-state index contributed by atoms with van der Waals surface area (Å²) in [5.41, 5.74) is 6.68. The molecule has 4 N–H and O–H groups in total. The quantitative estimate of drug-likeness (QED) is 0.517. The molecule has 1 aromatic carbocycles. The summed E-state index contributed by atoms with van der Waals surface area (Å²) in [5, 5.41) is 5.79. The number of carbonyl (C=O) groups excluding carboxylic acids is 1. The lowest BCUT2D eigenvalue weighted by Crippen LogP contribution is -2.39. The molecule has 1 unspecified atom stereocenters. The standard InChI is InChI=1S/C15H24N4O2/c1-4-11(2)19-15(16)18-10-14(20)17-9-12-5-7-13(21-3)8-6-12/h5-8,11H,4,9-10H2,1-3H3,(H,17,20)(H3,16,18,19). The van der Waals surface area contributed by atoms with Crippen molar-refractivity contribution in [2.75, 3.05) is 13.7 Å². The Balaban J connectivity index is 2.34. The Kier molecular flexibility index (Phi) is 7.08. The molecule has 6 nitrogen and oxygen atoms in total. The van der Waals surface area contributed by atoms with Crippen molar-refractivity contribution >= 4 is 11.9 Å².